The molecule has 0 aliphatic rings. The van der Waals surface area contributed by atoms with Crippen LogP contribution in [0.15, 0.2) is 23.1 Å². The Hall–Kier alpha value is -1.38. The first-order valence-corrected chi connectivity index (χ1v) is 4.03. The summed E-state index contributed by atoms with van der Waals surface area (Å²) in [5, 5.41) is 4.68. The van der Waals surface area contributed by atoms with Crippen LogP contribution in [-0.4, -0.2) is 10.1 Å². The quantitative estimate of drug-likeness (QED) is 0.600. The van der Waals surface area contributed by atoms with Crippen LogP contribution in [0.4, 0.5) is 0 Å². The maximum absolute atomic E-state index is 4.89. The van der Waals surface area contributed by atoms with E-state index < -0.39 is 0 Å². The highest BCUT2D eigenvalue weighted by Gasteiger charge is 1.98. The fourth-order valence-corrected chi connectivity index (χ4v) is 0.924. The number of hydrogen-bond donors (Lipinski definition) is 0. The van der Waals surface area contributed by atoms with Crippen molar-refractivity contribution < 1.29 is 4.52 Å². The molecule has 3 heteroatoms. The number of aryl methyl sites for hydroxylation is 1. The molecule has 0 radical (unpaired) electrons. The van der Waals surface area contributed by atoms with Gasteiger partial charge in [0.15, 0.2) is 5.58 Å². The lowest BCUT2D eigenvalue weighted by Gasteiger charge is -1.88. The number of hydrogen-bond acceptors (Lipinski definition) is 3. The molecule has 2 aromatic rings. The second-order valence-corrected chi connectivity index (χ2v) is 2.19. The summed E-state index contributed by atoms with van der Waals surface area (Å²) >= 11 is 0. The molecule has 0 bridgehead atoms. The summed E-state index contributed by atoms with van der Waals surface area (Å²) < 4.78 is 4.89. The van der Waals surface area contributed by atoms with Crippen molar-refractivity contribution in [3.8, 4) is 0 Å². The maximum Gasteiger partial charge on any atom is 0.185 e. The molecule has 0 N–H and O–H groups in total. The highest BCUT2D eigenvalue weighted by Crippen LogP contribution is 2.14. The van der Waals surface area contributed by atoms with Gasteiger partial charge < -0.3 is 4.52 Å². The highest BCUT2D eigenvalue weighted by molar-refractivity contribution is 5.77. The molecule has 3 nitrogen and oxygen atoms in total. The molecule has 2 rings (SSSR count). The lowest BCUT2D eigenvalue weighted by molar-refractivity contribution is 0.455. The fraction of sp³-hybridized carbons (Fsp3) is 0.333. The molecular weight excluding hydrogens is 152 g/mol. The molecule has 0 aromatic carbocycles. The van der Waals surface area contributed by atoms with E-state index in [9.17, 15) is 0 Å². The molecule has 2 heterocycles. The number of fused-ring (bicyclic) bond motifs is 1. The van der Waals surface area contributed by atoms with Crippen LogP contribution >= 0.6 is 0 Å². The van der Waals surface area contributed by atoms with Crippen LogP contribution in [0.5, 0.6) is 0 Å². The molecule has 12 heavy (non-hydrogen) atoms. The van der Waals surface area contributed by atoms with E-state index in [1.165, 1.54) is 0 Å². The first kappa shape index (κ1) is 8.71. The van der Waals surface area contributed by atoms with Gasteiger partial charge in [0.1, 0.15) is 0 Å². The SMILES string of the molecule is CC.Cc1cncc2oncc12. The second-order valence-electron chi connectivity index (χ2n) is 2.19. The number of aromatic nitrogens is 2. The van der Waals surface area contributed by atoms with Crippen LogP contribution in [0.1, 0.15) is 19.4 Å². The molecule has 2 aromatic heterocycles. The van der Waals surface area contributed by atoms with Gasteiger partial charge >= 0.3 is 0 Å². The zero-order valence-electron chi connectivity index (χ0n) is 7.53. The molecule has 0 fully saturated rings. The van der Waals surface area contributed by atoms with Crippen LogP contribution in [0.3, 0.4) is 0 Å². The van der Waals surface area contributed by atoms with Gasteiger partial charge in [0.25, 0.3) is 0 Å². The minimum atomic E-state index is 0.750. The molecule has 0 saturated carbocycles. The van der Waals surface area contributed by atoms with Crippen LogP contribution < -0.4 is 0 Å². The Labute approximate surface area is 71.4 Å². The molecule has 0 aliphatic heterocycles. The van der Waals surface area contributed by atoms with Gasteiger partial charge in [-0.2, -0.15) is 0 Å². The Balaban J connectivity index is 0.000000336. The maximum atomic E-state index is 4.89. The van der Waals surface area contributed by atoms with Crippen molar-refractivity contribution >= 4 is 11.0 Å². The Kier molecular flexibility index (Phi) is 2.80. The molecule has 0 aliphatic carbocycles. The van der Waals surface area contributed by atoms with E-state index in [-0.39, 0.29) is 0 Å². The highest BCUT2D eigenvalue weighted by atomic mass is 16.5. The zero-order chi connectivity index (χ0) is 8.97. The van der Waals surface area contributed by atoms with Crippen LogP contribution in [0.2, 0.25) is 0 Å². The zero-order valence-corrected chi connectivity index (χ0v) is 7.53. The monoisotopic (exact) mass is 164 g/mol. The molecule has 64 valence electrons. The summed E-state index contributed by atoms with van der Waals surface area (Å²) in [6.07, 6.45) is 5.15. The average Bonchev–Trinajstić information content (AvgIpc) is 2.57. The predicted octanol–water partition coefficient (Wildman–Crippen LogP) is 2.56. The Morgan fingerprint density at radius 3 is 2.58 bits per heavy atom. The van der Waals surface area contributed by atoms with Crippen molar-refractivity contribution in [2.75, 3.05) is 0 Å². The molecule has 0 spiro atoms. The van der Waals surface area contributed by atoms with Gasteiger partial charge in [-0.05, 0) is 12.5 Å². The van der Waals surface area contributed by atoms with Gasteiger partial charge in [-0.25, -0.2) is 0 Å². The molecule has 0 saturated heterocycles. The van der Waals surface area contributed by atoms with Crippen LogP contribution in [0, 0.1) is 6.92 Å². The molecular formula is C9H12N2O. The lowest BCUT2D eigenvalue weighted by Crippen LogP contribution is -1.74. The largest absolute Gasteiger partial charge is 0.355 e. The van der Waals surface area contributed by atoms with Gasteiger partial charge in [-0.1, -0.05) is 19.0 Å². The standard InChI is InChI=1S/C7H6N2O.C2H6/c1-5-2-8-4-7-6(5)3-9-10-7;1-2/h2-4H,1H3;1-2H3. The van der Waals surface area contributed by atoms with Gasteiger partial charge in [-0.3, -0.25) is 4.98 Å². The first-order valence-electron chi connectivity index (χ1n) is 4.03. The van der Waals surface area contributed by atoms with E-state index in [1.807, 2.05) is 20.8 Å². The van der Waals surface area contributed by atoms with E-state index in [4.69, 9.17) is 4.52 Å². The summed E-state index contributed by atoms with van der Waals surface area (Å²) in [6, 6.07) is 0. The van der Waals surface area contributed by atoms with Gasteiger partial charge in [-0.15, -0.1) is 0 Å². The van der Waals surface area contributed by atoms with Crippen molar-refractivity contribution in [1.29, 1.82) is 0 Å². The van der Waals surface area contributed by atoms with E-state index in [2.05, 4.69) is 10.1 Å². The lowest BCUT2D eigenvalue weighted by atomic mass is 10.2. The smallest absolute Gasteiger partial charge is 0.185 e. The third-order valence-corrected chi connectivity index (χ3v) is 1.48. The van der Waals surface area contributed by atoms with E-state index in [0.717, 1.165) is 16.5 Å². The van der Waals surface area contributed by atoms with E-state index in [0.29, 0.717) is 0 Å². The summed E-state index contributed by atoms with van der Waals surface area (Å²) in [4.78, 5) is 3.95. The first-order chi connectivity index (χ1) is 5.88. The van der Waals surface area contributed by atoms with Crippen LogP contribution in [0.25, 0.3) is 11.0 Å². The Morgan fingerprint density at radius 1 is 1.17 bits per heavy atom. The predicted molar refractivity (Wildman–Crippen MR) is 47.9 cm³/mol. The normalized spacial score (nSPS) is 9.25. The molecule has 0 amide bonds. The topological polar surface area (TPSA) is 38.9 Å². The molecule has 0 atom stereocenters. The Morgan fingerprint density at radius 2 is 1.92 bits per heavy atom. The summed E-state index contributed by atoms with van der Waals surface area (Å²) in [5.74, 6) is 0. The number of pyridine rings is 1. The summed E-state index contributed by atoms with van der Waals surface area (Å²) in [6.45, 7) is 5.98. The third-order valence-electron chi connectivity index (χ3n) is 1.48. The van der Waals surface area contributed by atoms with Crippen LogP contribution in [-0.2, 0) is 0 Å². The average molecular weight is 164 g/mol. The Bertz CT molecular complexity index is 354. The summed E-state index contributed by atoms with van der Waals surface area (Å²) in [7, 11) is 0. The van der Waals surface area contributed by atoms with Crippen molar-refractivity contribution in [2.24, 2.45) is 0 Å². The third kappa shape index (κ3) is 1.44. The van der Waals surface area contributed by atoms with Gasteiger partial charge in [0.05, 0.1) is 12.4 Å². The van der Waals surface area contributed by atoms with Crippen molar-refractivity contribution in [2.45, 2.75) is 20.8 Å². The van der Waals surface area contributed by atoms with Crippen molar-refractivity contribution in [1.82, 2.24) is 10.1 Å². The fourth-order valence-electron chi connectivity index (χ4n) is 0.924. The van der Waals surface area contributed by atoms with E-state index >= 15 is 0 Å². The minimum Gasteiger partial charge on any atom is -0.355 e. The van der Waals surface area contributed by atoms with Gasteiger partial charge in [0, 0.05) is 11.6 Å². The molecule has 0 unspecified atom stereocenters. The van der Waals surface area contributed by atoms with Crippen molar-refractivity contribution in [3.05, 3.63) is 24.2 Å². The van der Waals surface area contributed by atoms with E-state index in [1.54, 1.807) is 18.6 Å². The number of nitrogens with zero attached hydrogens (tertiary/aromatic N) is 2. The summed E-state index contributed by atoms with van der Waals surface area (Å²) in [5.41, 5.74) is 1.85. The number of rotatable bonds is 0. The minimum absolute atomic E-state index is 0.750. The van der Waals surface area contributed by atoms with Gasteiger partial charge in [0.2, 0.25) is 0 Å². The second kappa shape index (κ2) is 3.85. The van der Waals surface area contributed by atoms with Crippen molar-refractivity contribution in [3.63, 3.8) is 0 Å².